The molecule has 0 aromatic heterocycles. The van der Waals surface area contributed by atoms with E-state index in [0.717, 1.165) is 13.3 Å². The van der Waals surface area contributed by atoms with Crippen molar-refractivity contribution in [1.29, 1.82) is 0 Å². The van der Waals surface area contributed by atoms with Crippen LogP contribution in [0.4, 0.5) is 4.79 Å². The Bertz CT molecular complexity index is 839. The van der Waals surface area contributed by atoms with Gasteiger partial charge in [-0.2, -0.15) is 8.42 Å². The Balaban J connectivity index is 0.000000228. The summed E-state index contributed by atoms with van der Waals surface area (Å²) in [5.74, 6) is -1.20. The highest BCUT2D eigenvalue weighted by atomic mass is 32.2. The van der Waals surface area contributed by atoms with Gasteiger partial charge in [-0.3, -0.25) is 14.1 Å². The maximum atomic E-state index is 12.0. The van der Waals surface area contributed by atoms with E-state index in [0.29, 0.717) is 12.1 Å². The molecule has 9 heteroatoms. The van der Waals surface area contributed by atoms with E-state index < -0.39 is 32.9 Å². The first-order chi connectivity index (χ1) is 12.0. The second-order valence-corrected chi connectivity index (χ2v) is 8.69. The number of ketones is 2. The predicted molar refractivity (Wildman–Crippen MR) is 94.9 cm³/mol. The minimum atomic E-state index is -4.62. The summed E-state index contributed by atoms with van der Waals surface area (Å²) in [7, 11) is -4.62. The number of carbonyl (C=O) groups excluding carboxylic acids is 3. The number of hydrogen-bond acceptors (Lipinski definition) is 5. The van der Waals surface area contributed by atoms with Crippen molar-refractivity contribution in [2.24, 2.45) is 0 Å². The van der Waals surface area contributed by atoms with E-state index in [9.17, 15) is 22.8 Å². The van der Waals surface area contributed by atoms with Crippen molar-refractivity contribution in [2.45, 2.75) is 50.4 Å². The van der Waals surface area contributed by atoms with Gasteiger partial charge in [-0.15, -0.1) is 0 Å². The Kier molecular flexibility index (Phi) is 5.52. The van der Waals surface area contributed by atoms with Gasteiger partial charge in [-0.1, -0.05) is 24.3 Å². The third-order valence-corrected chi connectivity index (χ3v) is 5.95. The fourth-order valence-corrected chi connectivity index (χ4v) is 3.69. The lowest BCUT2D eigenvalue weighted by Crippen LogP contribution is -2.52. The largest absolute Gasteiger partial charge is 0.336 e. The van der Waals surface area contributed by atoms with Gasteiger partial charge in [-0.25, -0.2) is 4.79 Å². The SMILES string of the molecule is CC1(S(=O)(=O)O)CC(=O)c2ccccc2C1=O.CC1CC(C)NC(=O)N1. The van der Waals surface area contributed by atoms with Crippen LogP contribution in [0.5, 0.6) is 0 Å². The van der Waals surface area contributed by atoms with Crippen LogP contribution in [0.2, 0.25) is 0 Å². The molecule has 3 rings (SSSR count). The van der Waals surface area contributed by atoms with Crippen molar-refractivity contribution >= 4 is 27.7 Å². The van der Waals surface area contributed by atoms with Gasteiger partial charge in [0.15, 0.2) is 16.3 Å². The Hall–Kier alpha value is -2.26. The molecule has 1 aliphatic carbocycles. The highest BCUT2D eigenvalue weighted by Gasteiger charge is 2.51. The summed E-state index contributed by atoms with van der Waals surface area (Å²) in [5, 5.41) is 5.52. The van der Waals surface area contributed by atoms with E-state index in [4.69, 9.17) is 4.55 Å². The normalized spacial score (nSPS) is 28.2. The maximum Gasteiger partial charge on any atom is 0.315 e. The summed E-state index contributed by atoms with van der Waals surface area (Å²) in [5.41, 5.74) is 0.252. The Morgan fingerprint density at radius 2 is 1.54 bits per heavy atom. The van der Waals surface area contributed by atoms with Gasteiger partial charge in [0.1, 0.15) is 0 Å². The molecule has 3 N–H and O–H groups in total. The van der Waals surface area contributed by atoms with E-state index in [-0.39, 0.29) is 17.2 Å². The molecule has 8 nitrogen and oxygen atoms in total. The quantitative estimate of drug-likeness (QED) is 0.632. The molecular formula is C17H22N2O6S. The van der Waals surface area contributed by atoms with Gasteiger partial charge in [-0.05, 0) is 27.2 Å². The molecule has 1 fully saturated rings. The molecule has 1 aliphatic heterocycles. The fraction of sp³-hybridized carbons (Fsp3) is 0.471. The highest BCUT2D eigenvalue weighted by molar-refractivity contribution is 7.88. The smallest absolute Gasteiger partial charge is 0.315 e. The van der Waals surface area contributed by atoms with Crippen LogP contribution in [-0.2, 0) is 10.1 Å². The number of amides is 2. The number of Topliss-reactive ketones (excluding diaryl/α,β-unsaturated/α-hetero) is 2. The third kappa shape index (κ3) is 3.94. The number of hydrogen-bond donors (Lipinski definition) is 3. The topological polar surface area (TPSA) is 130 Å². The van der Waals surface area contributed by atoms with Crippen molar-refractivity contribution in [1.82, 2.24) is 10.6 Å². The molecule has 0 saturated carbocycles. The molecule has 0 radical (unpaired) electrons. The van der Waals surface area contributed by atoms with E-state index in [1.807, 2.05) is 13.8 Å². The summed E-state index contributed by atoms with van der Waals surface area (Å²) >= 11 is 0. The molecule has 3 unspecified atom stereocenters. The molecule has 2 aliphatic rings. The number of benzene rings is 1. The summed E-state index contributed by atoms with van der Waals surface area (Å²) in [4.78, 5) is 34.5. The lowest BCUT2D eigenvalue weighted by atomic mass is 9.82. The van der Waals surface area contributed by atoms with Crippen LogP contribution in [-0.4, -0.2) is 47.4 Å². The van der Waals surface area contributed by atoms with Gasteiger partial charge < -0.3 is 10.6 Å². The second-order valence-electron chi connectivity index (χ2n) is 6.84. The average molecular weight is 382 g/mol. The van der Waals surface area contributed by atoms with E-state index >= 15 is 0 Å². The zero-order valence-electron chi connectivity index (χ0n) is 14.8. The van der Waals surface area contributed by atoms with Crippen molar-refractivity contribution in [3.63, 3.8) is 0 Å². The van der Waals surface area contributed by atoms with Crippen LogP contribution in [0.3, 0.4) is 0 Å². The van der Waals surface area contributed by atoms with E-state index in [2.05, 4.69) is 10.6 Å². The van der Waals surface area contributed by atoms with E-state index in [1.54, 1.807) is 12.1 Å². The van der Waals surface area contributed by atoms with Crippen molar-refractivity contribution < 1.29 is 27.4 Å². The molecular weight excluding hydrogens is 360 g/mol. The number of nitrogens with one attached hydrogen (secondary N) is 2. The zero-order chi connectivity index (χ0) is 19.7. The third-order valence-electron chi connectivity index (χ3n) is 4.48. The monoisotopic (exact) mass is 382 g/mol. The average Bonchev–Trinajstić information content (AvgIpc) is 2.51. The molecule has 142 valence electrons. The molecule has 0 bridgehead atoms. The standard InChI is InChI=1S/C11H10O5S.C6H12N2O/c1-11(17(14,15)16)6-9(12)7-4-2-3-5-8(7)10(11)13;1-4-3-5(2)8-6(9)7-4/h2-5H,6H2,1H3,(H,14,15,16);4-5H,3H2,1-2H3,(H2,7,8,9). The minimum Gasteiger partial charge on any atom is -0.336 e. The van der Waals surface area contributed by atoms with Gasteiger partial charge in [0.25, 0.3) is 10.1 Å². The van der Waals surface area contributed by atoms with Crippen LogP contribution in [0.15, 0.2) is 24.3 Å². The number of rotatable bonds is 1. The first-order valence-electron chi connectivity index (χ1n) is 8.17. The second kappa shape index (κ2) is 7.16. The fourth-order valence-electron chi connectivity index (χ4n) is 3.04. The van der Waals surface area contributed by atoms with Crippen LogP contribution < -0.4 is 10.6 Å². The van der Waals surface area contributed by atoms with Gasteiger partial charge in [0.2, 0.25) is 0 Å². The summed E-state index contributed by atoms with van der Waals surface area (Å²) in [6, 6.07) is 6.61. The molecule has 26 heavy (non-hydrogen) atoms. The minimum absolute atomic E-state index is 0.0405. The van der Waals surface area contributed by atoms with Crippen LogP contribution in [0, 0.1) is 0 Å². The highest BCUT2D eigenvalue weighted by Crippen LogP contribution is 2.33. The summed E-state index contributed by atoms with van der Waals surface area (Å²) in [6.45, 7) is 5.09. The number of urea groups is 1. The zero-order valence-corrected chi connectivity index (χ0v) is 15.6. The molecule has 1 saturated heterocycles. The lowest BCUT2D eigenvalue weighted by molar-refractivity contribution is 0.0846. The lowest BCUT2D eigenvalue weighted by Gasteiger charge is -2.29. The van der Waals surface area contributed by atoms with Crippen molar-refractivity contribution in [2.75, 3.05) is 0 Å². The molecule has 2 amide bonds. The van der Waals surface area contributed by atoms with Crippen LogP contribution in [0.1, 0.15) is 54.3 Å². The van der Waals surface area contributed by atoms with Crippen molar-refractivity contribution in [3.8, 4) is 0 Å². The predicted octanol–water partition coefficient (Wildman–Crippen LogP) is 1.57. The van der Waals surface area contributed by atoms with Gasteiger partial charge in [0, 0.05) is 29.6 Å². The maximum absolute atomic E-state index is 12.0. The molecule has 1 aromatic carbocycles. The van der Waals surface area contributed by atoms with Crippen LogP contribution >= 0.6 is 0 Å². The van der Waals surface area contributed by atoms with Gasteiger partial charge in [0.05, 0.1) is 0 Å². The molecule has 0 spiro atoms. The van der Waals surface area contributed by atoms with E-state index in [1.165, 1.54) is 12.1 Å². The Morgan fingerprint density at radius 1 is 1.04 bits per heavy atom. The molecule has 1 aromatic rings. The van der Waals surface area contributed by atoms with Gasteiger partial charge >= 0.3 is 6.03 Å². The number of carbonyl (C=O) groups is 3. The summed E-state index contributed by atoms with van der Waals surface area (Å²) in [6.07, 6.45) is 0.493. The summed E-state index contributed by atoms with van der Waals surface area (Å²) < 4.78 is 29.6. The van der Waals surface area contributed by atoms with Crippen LogP contribution in [0.25, 0.3) is 0 Å². The van der Waals surface area contributed by atoms with Crippen molar-refractivity contribution in [3.05, 3.63) is 35.4 Å². The molecule has 3 atom stereocenters. The molecule has 1 heterocycles. The number of fused-ring (bicyclic) bond motifs is 1. The Morgan fingerprint density at radius 3 is 2.00 bits per heavy atom. The Labute approximate surface area is 152 Å². The first kappa shape index (κ1) is 20.1. The first-order valence-corrected chi connectivity index (χ1v) is 9.61.